The van der Waals surface area contributed by atoms with E-state index < -0.39 is 0 Å². The maximum atomic E-state index is 6.00. The van der Waals surface area contributed by atoms with Gasteiger partial charge in [0.05, 0.1) is 13.2 Å². The molecule has 0 radical (unpaired) electrons. The second-order valence-electron chi connectivity index (χ2n) is 18.3. The molecular formula is C66H66N2O2. The standard InChI is InChI=1S/C66H66N2O2/c1-7-53-15-21-59(22-16-53)47-69-43-9-11-55-25-35-61(36-26-55)67(65-33-13-49(3)51(5)45-65)63-39-29-57(30-40-63)19-20-58-31-41-64(42-32-58)68(66-34-14-50(4)52(6)46-66)62-37-27-56(28-38-62)12-10-44-70-48-60-23-17-54(8-2)18-24-60/h7-8,13-42,45-46H,1-2,9-12,43-44,47-48H2,3-6H3/b20-19+. The van der Waals surface area contributed by atoms with Crippen molar-refractivity contribution in [3.05, 3.63) is 262 Å². The molecule has 0 aliphatic rings. The highest BCUT2D eigenvalue weighted by atomic mass is 16.5. The Bertz CT molecular complexity index is 2760. The fourth-order valence-electron chi connectivity index (χ4n) is 8.55. The fourth-order valence-corrected chi connectivity index (χ4v) is 8.55. The molecular weight excluding hydrogens is 853 g/mol. The molecule has 0 N–H and O–H groups in total. The average molecular weight is 919 g/mol. The molecule has 8 aromatic rings. The lowest BCUT2D eigenvalue weighted by atomic mass is 10.1. The summed E-state index contributed by atoms with van der Waals surface area (Å²) in [4.78, 5) is 4.70. The smallest absolute Gasteiger partial charge is 0.0716 e. The molecule has 0 unspecified atom stereocenters. The Morgan fingerprint density at radius 3 is 0.971 bits per heavy atom. The predicted octanol–water partition coefficient (Wildman–Crippen LogP) is 17.6. The maximum absolute atomic E-state index is 6.00. The second kappa shape index (κ2) is 24.2. The SMILES string of the molecule is C=Cc1ccc(COCCCc2ccc(N(c3ccc(/C=C/c4ccc(N(c5ccc(CCCOCc6ccc(C=C)cc6)cc5)c5ccc(C)c(C)c5)cc4)cc3)c3ccc(C)c(C)c3)cc2)cc1. The first-order valence-electron chi connectivity index (χ1n) is 24.6. The van der Waals surface area contributed by atoms with Crippen LogP contribution in [-0.4, -0.2) is 13.2 Å². The van der Waals surface area contributed by atoms with Gasteiger partial charge in [-0.1, -0.05) is 147 Å². The molecule has 0 aromatic heterocycles. The lowest BCUT2D eigenvalue weighted by Crippen LogP contribution is -2.10. The number of ether oxygens (including phenoxy) is 2. The highest BCUT2D eigenvalue weighted by molar-refractivity contribution is 5.80. The summed E-state index contributed by atoms with van der Waals surface area (Å²) in [6.07, 6.45) is 12.0. The van der Waals surface area contributed by atoms with Crippen LogP contribution in [0.15, 0.2) is 195 Å². The molecule has 0 amide bonds. The average Bonchev–Trinajstić information content (AvgIpc) is 3.39. The predicted molar refractivity (Wildman–Crippen MR) is 299 cm³/mol. The highest BCUT2D eigenvalue weighted by Gasteiger charge is 2.15. The van der Waals surface area contributed by atoms with Gasteiger partial charge < -0.3 is 19.3 Å². The third kappa shape index (κ3) is 13.2. The van der Waals surface area contributed by atoms with E-state index >= 15 is 0 Å². The quantitative estimate of drug-likeness (QED) is 0.0500. The Morgan fingerprint density at radius 1 is 0.343 bits per heavy atom. The van der Waals surface area contributed by atoms with Gasteiger partial charge in [-0.15, -0.1) is 0 Å². The minimum Gasteiger partial charge on any atom is -0.377 e. The van der Waals surface area contributed by atoms with Gasteiger partial charge in [0.2, 0.25) is 0 Å². The van der Waals surface area contributed by atoms with Gasteiger partial charge in [-0.25, -0.2) is 0 Å². The molecule has 352 valence electrons. The zero-order valence-corrected chi connectivity index (χ0v) is 41.4. The van der Waals surface area contributed by atoms with Gasteiger partial charge in [0.25, 0.3) is 0 Å². The molecule has 0 fully saturated rings. The molecule has 8 rings (SSSR count). The van der Waals surface area contributed by atoms with E-state index in [1.165, 1.54) is 44.5 Å². The van der Waals surface area contributed by atoms with E-state index in [-0.39, 0.29) is 0 Å². The van der Waals surface area contributed by atoms with Crippen LogP contribution < -0.4 is 9.80 Å². The molecule has 0 aliphatic carbocycles. The van der Waals surface area contributed by atoms with E-state index in [0.29, 0.717) is 13.2 Å². The van der Waals surface area contributed by atoms with Gasteiger partial charge in [0.15, 0.2) is 0 Å². The number of anilines is 6. The van der Waals surface area contributed by atoms with Crippen LogP contribution in [0.25, 0.3) is 24.3 Å². The highest BCUT2D eigenvalue weighted by Crippen LogP contribution is 2.38. The molecule has 4 heteroatoms. The lowest BCUT2D eigenvalue weighted by Gasteiger charge is -2.26. The molecule has 0 heterocycles. The van der Waals surface area contributed by atoms with Crippen molar-refractivity contribution in [2.75, 3.05) is 23.0 Å². The number of nitrogens with zero attached hydrogens (tertiary/aromatic N) is 2. The van der Waals surface area contributed by atoms with E-state index in [4.69, 9.17) is 9.47 Å². The van der Waals surface area contributed by atoms with Crippen molar-refractivity contribution in [1.29, 1.82) is 0 Å². The maximum Gasteiger partial charge on any atom is 0.0716 e. The molecule has 0 atom stereocenters. The van der Waals surface area contributed by atoms with Crippen molar-refractivity contribution in [2.45, 2.75) is 66.6 Å². The van der Waals surface area contributed by atoms with Crippen LogP contribution in [0.5, 0.6) is 0 Å². The fraction of sp³-hybridized carbons (Fsp3) is 0.182. The van der Waals surface area contributed by atoms with Crippen molar-refractivity contribution >= 4 is 58.4 Å². The first-order chi connectivity index (χ1) is 34.2. The third-order valence-electron chi connectivity index (χ3n) is 13.1. The Hall–Kier alpha value is -7.50. The zero-order chi connectivity index (χ0) is 48.7. The summed E-state index contributed by atoms with van der Waals surface area (Å²) in [6, 6.07) is 65.9. The zero-order valence-electron chi connectivity index (χ0n) is 41.4. The van der Waals surface area contributed by atoms with E-state index in [1.807, 2.05) is 12.2 Å². The summed E-state index contributed by atoms with van der Waals surface area (Å²) in [5.41, 5.74) is 21.4. The van der Waals surface area contributed by atoms with Gasteiger partial charge in [-0.05, 0) is 193 Å². The van der Waals surface area contributed by atoms with Gasteiger partial charge >= 0.3 is 0 Å². The van der Waals surface area contributed by atoms with Crippen molar-refractivity contribution in [1.82, 2.24) is 0 Å². The first kappa shape index (κ1) is 48.9. The molecule has 4 nitrogen and oxygen atoms in total. The monoisotopic (exact) mass is 919 g/mol. The molecule has 70 heavy (non-hydrogen) atoms. The van der Waals surface area contributed by atoms with Crippen LogP contribution in [0, 0.1) is 27.7 Å². The van der Waals surface area contributed by atoms with Gasteiger partial charge in [-0.2, -0.15) is 0 Å². The molecule has 0 bridgehead atoms. The Morgan fingerprint density at radius 2 is 0.643 bits per heavy atom. The largest absolute Gasteiger partial charge is 0.377 e. The van der Waals surface area contributed by atoms with Crippen LogP contribution >= 0.6 is 0 Å². The van der Waals surface area contributed by atoms with Gasteiger partial charge in [0, 0.05) is 47.3 Å². The van der Waals surface area contributed by atoms with E-state index in [2.05, 4.69) is 245 Å². The minimum atomic E-state index is 0.625. The van der Waals surface area contributed by atoms with Crippen LogP contribution in [0.2, 0.25) is 0 Å². The van der Waals surface area contributed by atoms with Crippen molar-refractivity contribution < 1.29 is 9.47 Å². The number of hydrogen-bond acceptors (Lipinski definition) is 4. The van der Waals surface area contributed by atoms with E-state index in [9.17, 15) is 0 Å². The second-order valence-corrected chi connectivity index (χ2v) is 18.3. The minimum absolute atomic E-state index is 0.625. The normalized spacial score (nSPS) is 11.2. The topological polar surface area (TPSA) is 24.9 Å². The first-order valence-corrected chi connectivity index (χ1v) is 24.6. The van der Waals surface area contributed by atoms with Crippen LogP contribution in [0.1, 0.15) is 79.6 Å². The summed E-state index contributed by atoms with van der Waals surface area (Å²) in [6.45, 7) is 19.1. The van der Waals surface area contributed by atoms with Crippen molar-refractivity contribution in [3.8, 4) is 0 Å². The Kier molecular flexibility index (Phi) is 16.9. The van der Waals surface area contributed by atoms with Crippen LogP contribution in [-0.2, 0) is 35.5 Å². The van der Waals surface area contributed by atoms with Gasteiger partial charge in [-0.3, -0.25) is 0 Å². The Labute approximate surface area is 417 Å². The summed E-state index contributed by atoms with van der Waals surface area (Å²) in [5, 5.41) is 0. The molecule has 0 saturated carbocycles. The number of hydrogen-bond donors (Lipinski definition) is 0. The van der Waals surface area contributed by atoms with Gasteiger partial charge in [0.1, 0.15) is 0 Å². The van der Waals surface area contributed by atoms with Crippen LogP contribution in [0.4, 0.5) is 34.1 Å². The van der Waals surface area contributed by atoms with Crippen molar-refractivity contribution in [2.24, 2.45) is 0 Å². The number of rotatable bonds is 22. The van der Waals surface area contributed by atoms with Crippen molar-refractivity contribution in [3.63, 3.8) is 0 Å². The summed E-state index contributed by atoms with van der Waals surface area (Å²) >= 11 is 0. The molecule has 0 spiro atoms. The van der Waals surface area contributed by atoms with Crippen LogP contribution in [0.3, 0.4) is 0 Å². The molecule has 0 aliphatic heterocycles. The lowest BCUT2D eigenvalue weighted by molar-refractivity contribution is 0.118. The van der Waals surface area contributed by atoms with E-state index in [0.717, 1.165) is 95.3 Å². The Balaban J connectivity index is 0.910. The molecule has 0 saturated heterocycles. The number of benzene rings is 8. The molecule has 8 aromatic carbocycles. The summed E-state index contributed by atoms with van der Waals surface area (Å²) < 4.78 is 12.0. The summed E-state index contributed by atoms with van der Waals surface area (Å²) in [5.74, 6) is 0. The number of aryl methyl sites for hydroxylation is 6. The summed E-state index contributed by atoms with van der Waals surface area (Å²) in [7, 11) is 0. The van der Waals surface area contributed by atoms with E-state index in [1.54, 1.807) is 0 Å². The third-order valence-corrected chi connectivity index (χ3v) is 13.1.